The molecular weight excluding hydrogens is 132 g/mol. The van der Waals surface area contributed by atoms with Gasteiger partial charge in [-0.2, -0.15) is 0 Å². The van der Waals surface area contributed by atoms with Gasteiger partial charge in [-0.05, 0) is 38.7 Å². The number of allylic oxidation sites excluding steroid dienone is 6. The van der Waals surface area contributed by atoms with Crippen LogP contribution in [0.2, 0.25) is 0 Å². The van der Waals surface area contributed by atoms with Gasteiger partial charge in [-0.3, -0.25) is 0 Å². The summed E-state index contributed by atoms with van der Waals surface area (Å²) in [4.78, 5) is 0. The average Bonchev–Trinajstić information content (AvgIpc) is 2.06. The molecule has 0 heterocycles. The van der Waals surface area contributed by atoms with Gasteiger partial charge in [0.1, 0.15) is 0 Å². The lowest BCUT2D eigenvalue weighted by Gasteiger charge is -2.06. The zero-order valence-corrected chi connectivity index (χ0v) is 7.43. The van der Waals surface area contributed by atoms with Crippen molar-refractivity contribution in [2.75, 3.05) is 0 Å². The molecule has 0 radical (unpaired) electrons. The second-order valence-electron chi connectivity index (χ2n) is 3.07. The maximum Gasteiger partial charge on any atom is -0.00733 e. The molecule has 0 N–H and O–H groups in total. The van der Waals surface area contributed by atoms with E-state index >= 15 is 0 Å². The fourth-order valence-corrected chi connectivity index (χ4v) is 1.22. The predicted octanol–water partition coefficient (Wildman–Crippen LogP) is 3.62. The molecule has 0 amide bonds. The van der Waals surface area contributed by atoms with Gasteiger partial charge >= 0.3 is 0 Å². The fourth-order valence-electron chi connectivity index (χ4n) is 1.22. The minimum absolute atomic E-state index is 1.13. The summed E-state index contributed by atoms with van der Waals surface area (Å²) in [6, 6.07) is 0. The van der Waals surface area contributed by atoms with Crippen LogP contribution in [0.1, 0.15) is 33.1 Å². The molecule has 0 aromatic rings. The molecular formula is C11H16. The summed E-state index contributed by atoms with van der Waals surface area (Å²) in [6.07, 6.45) is 12.6. The molecule has 0 aromatic heterocycles. The van der Waals surface area contributed by atoms with Crippen molar-refractivity contribution >= 4 is 0 Å². The maximum absolute atomic E-state index is 2.34. The van der Waals surface area contributed by atoms with Crippen LogP contribution in [-0.4, -0.2) is 0 Å². The molecule has 11 heavy (non-hydrogen) atoms. The summed E-state index contributed by atoms with van der Waals surface area (Å²) in [6.45, 7) is 4.28. The van der Waals surface area contributed by atoms with Gasteiger partial charge in [0.15, 0.2) is 0 Å². The van der Waals surface area contributed by atoms with E-state index in [0.29, 0.717) is 0 Å². The van der Waals surface area contributed by atoms with Crippen LogP contribution in [0.3, 0.4) is 0 Å². The second kappa shape index (κ2) is 4.17. The van der Waals surface area contributed by atoms with Crippen LogP contribution in [0.4, 0.5) is 0 Å². The molecule has 60 valence electrons. The average molecular weight is 148 g/mol. The number of hydrogen-bond acceptors (Lipinski definition) is 0. The molecule has 0 saturated heterocycles. The van der Waals surface area contributed by atoms with E-state index in [9.17, 15) is 0 Å². The number of hydrogen-bond donors (Lipinski definition) is 0. The van der Waals surface area contributed by atoms with Crippen molar-refractivity contribution in [2.24, 2.45) is 0 Å². The molecule has 0 heteroatoms. The topological polar surface area (TPSA) is 0 Å². The van der Waals surface area contributed by atoms with Crippen molar-refractivity contribution in [2.45, 2.75) is 33.1 Å². The van der Waals surface area contributed by atoms with E-state index in [-0.39, 0.29) is 0 Å². The number of rotatable bonds is 2. The van der Waals surface area contributed by atoms with E-state index in [2.05, 4.69) is 38.2 Å². The molecule has 0 fully saturated rings. The molecule has 0 aromatic carbocycles. The van der Waals surface area contributed by atoms with Gasteiger partial charge in [-0.25, -0.2) is 0 Å². The molecule has 0 nitrogen and oxygen atoms in total. The predicted molar refractivity (Wildman–Crippen MR) is 50.5 cm³/mol. The van der Waals surface area contributed by atoms with Crippen LogP contribution in [-0.2, 0) is 0 Å². The van der Waals surface area contributed by atoms with Gasteiger partial charge in [-0.15, -0.1) is 0 Å². The summed E-state index contributed by atoms with van der Waals surface area (Å²) in [5.74, 6) is 0. The van der Waals surface area contributed by atoms with Crippen molar-refractivity contribution in [3.63, 3.8) is 0 Å². The first kappa shape index (κ1) is 8.32. The van der Waals surface area contributed by atoms with Gasteiger partial charge in [0.2, 0.25) is 0 Å². The van der Waals surface area contributed by atoms with Gasteiger partial charge in [0.05, 0.1) is 0 Å². The third kappa shape index (κ3) is 2.75. The maximum atomic E-state index is 2.34. The summed E-state index contributed by atoms with van der Waals surface area (Å²) in [5, 5.41) is 0. The molecule has 1 aliphatic rings. The van der Waals surface area contributed by atoms with E-state index in [1.807, 2.05) is 0 Å². The highest BCUT2D eigenvalue weighted by atomic mass is 14.0. The van der Waals surface area contributed by atoms with Crippen molar-refractivity contribution in [1.82, 2.24) is 0 Å². The molecule has 0 bridgehead atoms. The Kier molecular flexibility index (Phi) is 3.15. The van der Waals surface area contributed by atoms with Crippen molar-refractivity contribution in [3.8, 4) is 0 Å². The standard InChI is InChI=1S/C11H16/c1-3-10(2)9-11-7-5-4-6-8-11/h3,5,7-8H,4,6,9H2,1-2H3. The van der Waals surface area contributed by atoms with Crippen LogP contribution in [0.25, 0.3) is 0 Å². The Morgan fingerprint density at radius 3 is 2.91 bits per heavy atom. The van der Waals surface area contributed by atoms with Crippen molar-refractivity contribution in [1.29, 1.82) is 0 Å². The van der Waals surface area contributed by atoms with Crippen LogP contribution in [0.15, 0.2) is 35.5 Å². The van der Waals surface area contributed by atoms with Crippen LogP contribution < -0.4 is 0 Å². The Morgan fingerprint density at radius 1 is 1.55 bits per heavy atom. The molecule has 0 saturated carbocycles. The lowest BCUT2D eigenvalue weighted by atomic mass is 10.0. The highest BCUT2D eigenvalue weighted by molar-refractivity contribution is 5.26. The van der Waals surface area contributed by atoms with Gasteiger partial charge in [-0.1, -0.05) is 29.9 Å². The first-order valence-corrected chi connectivity index (χ1v) is 4.30. The van der Waals surface area contributed by atoms with Gasteiger partial charge in [0, 0.05) is 0 Å². The molecule has 0 atom stereocenters. The van der Waals surface area contributed by atoms with Gasteiger partial charge in [0.25, 0.3) is 0 Å². The first-order chi connectivity index (χ1) is 5.33. The summed E-state index contributed by atoms with van der Waals surface area (Å²) >= 11 is 0. The molecule has 1 rings (SSSR count). The van der Waals surface area contributed by atoms with E-state index in [4.69, 9.17) is 0 Å². The fraction of sp³-hybridized carbons (Fsp3) is 0.455. The Bertz CT molecular complexity index is 204. The third-order valence-electron chi connectivity index (χ3n) is 2.05. The SMILES string of the molecule is CC=C(C)CC1=CCCC=C1. The Labute approximate surface area is 69.3 Å². The highest BCUT2D eigenvalue weighted by Gasteiger charge is 1.96. The minimum Gasteiger partial charge on any atom is -0.0884 e. The normalized spacial score (nSPS) is 18.4. The first-order valence-electron chi connectivity index (χ1n) is 4.30. The molecule has 0 unspecified atom stereocenters. The van der Waals surface area contributed by atoms with Crippen molar-refractivity contribution < 1.29 is 0 Å². The minimum atomic E-state index is 1.13. The van der Waals surface area contributed by atoms with Crippen LogP contribution in [0.5, 0.6) is 0 Å². The van der Waals surface area contributed by atoms with E-state index < -0.39 is 0 Å². The monoisotopic (exact) mass is 148 g/mol. The highest BCUT2D eigenvalue weighted by Crippen LogP contribution is 2.16. The van der Waals surface area contributed by atoms with E-state index in [1.54, 1.807) is 0 Å². The molecule has 0 spiro atoms. The van der Waals surface area contributed by atoms with E-state index in [0.717, 1.165) is 6.42 Å². The Balaban J connectivity index is 2.49. The summed E-state index contributed by atoms with van der Waals surface area (Å²) in [7, 11) is 0. The van der Waals surface area contributed by atoms with Crippen LogP contribution >= 0.6 is 0 Å². The van der Waals surface area contributed by atoms with E-state index in [1.165, 1.54) is 24.0 Å². The smallest absolute Gasteiger partial charge is 0.00733 e. The lowest BCUT2D eigenvalue weighted by Crippen LogP contribution is -1.85. The Hall–Kier alpha value is -0.780. The zero-order chi connectivity index (χ0) is 8.10. The van der Waals surface area contributed by atoms with Gasteiger partial charge < -0.3 is 0 Å². The summed E-state index contributed by atoms with van der Waals surface area (Å²) in [5.41, 5.74) is 2.94. The second-order valence-corrected chi connectivity index (χ2v) is 3.07. The lowest BCUT2D eigenvalue weighted by molar-refractivity contribution is 0.988. The zero-order valence-electron chi connectivity index (χ0n) is 7.43. The largest absolute Gasteiger partial charge is 0.0884 e. The quantitative estimate of drug-likeness (QED) is 0.525. The Morgan fingerprint density at radius 2 is 2.36 bits per heavy atom. The van der Waals surface area contributed by atoms with Crippen LogP contribution in [0, 0.1) is 0 Å². The summed E-state index contributed by atoms with van der Waals surface area (Å²) < 4.78 is 0. The molecule has 0 aliphatic heterocycles. The molecule has 1 aliphatic carbocycles. The van der Waals surface area contributed by atoms with Crippen molar-refractivity contribution in [3.05, 3.63) is 35.5 Å². The third-order valence-corrected chi connectivity index (χ3v) is 2.05.